The number of hydrogen-bond donors (Lipinski definition) is 12. The largest absolute Gasteiger partial charge is 0.394 e. The Labute approximate surface area is 193 Å². The lowest BCUT2D eigenvalue weighted by atomic mass is 10.0. The Morgan fingerprint density at radius 3 is 1.47 bits per heavy atom. The van der Waals surface area contributed by atoms with E-state index >= 15 is 0 Å². The number of rotatable bonds is 13. The molecular weight excluding hydrogens is 472 g/mol. The number of ether oxygens (including phenoxy) is 4. The predicted octanol–water partition coefficient (Wildman–Crippen LogP) is -7.94. The highest BCUT2D eigenvalue weighted by atomic mass is 16.7. The fourth-order valence-electron chi connectivity index (χ4n) is 3.50. The molecule has 0 radical (unpaired) electrons. The summed E-state index contributed by atoms with van der Waals surface area (Å²) in [5, 5.41) is 116. The van der Waals surface area contributed by atoms with Gasteiger partial charge in [0.2, 0.25) is 0 Å². The maximum absolute atomic E-state index is 10.3. The van der Waals surface area contributed by atoms with E-state index in [4.69, 9.17) is 29.2 Å². The highest BCUT2D eigenvalue weighted by Crippen LogP contribution is 2.28. The topological polar surface area (TPSA) is 280 Å². The molecule has 0 unspecified atom stereocenters. The zero-order valence-corrected chi connectivity index (χ0v) is 17.9. The molecule has 2 aliphatic heterocycles. The van der Waals surface area contributed by atoms with Gasteiger partial charge >= 0.3 is 0 Å². The first-order valence-corrected chi connectivity index (χ1v) is 10.5. The summed E-state index contributed by atoms with van der Waals surface area (Å²) >= 11 is 0. The highest BCUT2D eigenvalue weighted by molar-refractivity contribution is 4.93. The van der Waals surface area contributed by atoms with Crippen molar-refractivity contribution in [1.82, 2.24) is 0 Å². The van der Waals surface area contributed by atoms with Crippen LogP contribution in [0.25, 0.3) is 0 Å². The van der Waals surface area contributed by atoms with Gasteiger partial charge in [-0.3, -0.25) is 0 Å². The van der Waals surface area contributed by atoms with Crippen LogP contribution < -0.4 is 0 Å². The van der Waals surface area contributed by atoms with Crippen LogP contribution in [0.1, 0.15) is 0 Å². The lowest BCUT2D eigenvalue weighted by Crippen LogP contribution is -2.48. The van der Waals surface area contributed by atoms with Crippen LogP contribution in [-0.2, 0) is 18.9 Å². The molecule has 34 heavy (non-hydrogen) atoms. The average Bonchev–Trinajstić information content (AvgIpc) is 3.28. The van der Waals surface area contributed by atoms with Gasteiger partial charge < -0.3 is 80.2 Å². The van der Waals surface area contributed by atoms with Gasteiger partial charge in [0, 0.05) is 0 Å². The van der Waals surface area contributed by atoms with Gasteiger partial charge in [-0.05, 0) is 0 Å². The third-order valence-electron chi connectivity index (χ3n) is 5.65. The zero-order chi connectivity index (χ0) is 25.7. The van der Waals surface area contributed by atoms with E-state index in [0.717, 1.165) is 0 Å². The van der Waals surface area contributed by atoms with Crippen molar-refractivity contribution in [2.24, 2.45) is 0 Å². The van der Waals surface area contributed by atoms with E-state index in [2.05, 4.69) is 0 Å². The van der Waals surface area contributed by atoms with Crippen molar-refractivity contribution in [3.63, 3.8) is 0 Å². The van der Waals surface area contributed by atoms with Gasteiger partial charge in [0.15, 0.2) is 12.6 Å². The summed E-state index contributed by atoms with van der Waals surface area (Å²) in [6, 6.07) is 0. The molecule has 202 valence electrons. The molecule has 2 aliphatic rings. The van der Waals surface area contributed by atoms with Crippen molar-refractivity contribution in [2.75, 3.05) is 26.4 Å². The van der Waals surface area contributed by atoms with Gasteiger partial charge in [-0.25, -0.2) is 0 Å². The molecule has 0 amide bonds. The minimum Gasteiger partial charge on any atom is -0.394 e. The molecule has 0 bridgehead atoms. The third-order valence-corrected chi connectivity index (χ3v) is 5.65. The normalized spacial score (nSPS) is 39.5. The average molecular weight is 506 g/mol. The summed E-state index contributed by atoms with van der Waals surface area (Å²) in [5.74, 6) is 0. The molecule has 16 heteroatoms. The SMILES string of the molecule is OC[C@@H](O)[C@@H]1O[C@@H](OC[C@@H](O)[C@@H]2O[C@@H](OC[C@@H](O)[C@H](O)[C@H](O)[C@@H](O)CO)[C@H](O)[C@H]2O)[C@H](O)[C@H]1O. The van der Waals surface area contributed by atoms with Crippen molar-refractivity contribution >= 4 is 0 Å². The molecule has 2 rings (SSSR count). The van der Waals surface area contributed by atoms with Gasteiger partial charge in [0.1, 0.15) is 73.2 Å². The lowest BCUT2D eigenvalue weighted by molar-refractivity contribution is -0.219. The first-order valence-electron chi connectivity index (χ1n) is 10.5. The Bertz CT molecular complexity index is 598. The second-order valence-corrected chi connectivity index (χ2v) is 8.18. The molecule has 2 fully saturated rings. The van der Waals surface area contributed by atoms with Crippen LogP contribution >= 0.6 is 0 Å². The second kappa shape index (κ2) is 13.1. The maximum Gasteiger partial charge on any atom is 0.186 e. The van der Waals surface area contributed by atoms with Crippen LogP contribution in [0.4, 0.5) is 0 Å². The smallest absolute Gasteiger partial charge is 0.186 e. The van der Waals surface area contributed by atoms with Gasteiger partial charge in [-0.2, -0.15) is 0 Å². The summed E-state index contributed by atoms with van der Waals surface area (Å²) in [6.07, 6.45) is -23.0. The van der Waals surface area contributed by atoms with Gasteiger partial charge in [-0.1, -0.05) is 0 Å². The molecular formula is C18H34O16. The molecule has 2 heterocycles. The van der Waals surface area contributed by atoms with Crippen molar-refractivity contribution < 1.29 is 80.2 Å². The molecule has 0 aromatic carbocycles. The van der Waals surface area contributed by atoms with Crippen LogP contribution in [0, 0.1) is 0 Å². The Morgan fingerprint density at radius 2 is 1.00 bits per heavy atom. The van der Waals surface area contributed by atoms with Crippen LogP contribution in [0.2, 0.25) is 0 Å². The number of aliphatic hydroxyl groups excluding tert-OH is 12. The van der Waals surface area contributed by atoms with E-state index in [-0.39, 0.29) is 0 Å². The highest BCUT2D eigenvalue weighted by Gasteiger charge is 2.49. The van der Waals surface area contributed by atoms with Crippen LogP contribution in [0.5, 0.6) is 0 Å². The van der Waals surface area contributed by atoms with Gasteiger partial charge in [0.25, 0.3) is 0 Å². The molecule has 16 nitrogen and oxygen atoms in total. The van der Waals surface area contributed by atoms with Gasteiger partial charge in [-0.15, -0.1) is 0 Å². The van der Waals surface area contributed by atoms with Crippen LogP contribution in [0.3, 0.4) is 0 Å². The van der Waals surface area contributed by atoms with Crippen LogP contribution in [0.15, 0.2) is 0 Å². The number of aliphatic hydroxyl groups is 12. The van der Waals surface area contributed by atoms with Crippen LogP contribution in [-0.4, -0.2) is 174 Å². The molecule has 0 aromatic rings. The van der Waals surface area contributed by atoms with E-state index in [1.165, 1.54) is 0 Å². The lowest BCUT2D eigenvalue weighted by Gasteiger charge is -2.26. The van der Waals surface area contributed by atoms with E-state index < -0.39 is 112 Å². The summed E-state index contributed by atoms with van der Waals surface area (Å²) < 4.78 is 20.6. The summed E-state index contributed by atoms with van der Waals surface area (Å²) in [5.41, 5.74) is 0. The quantitative estimate of drug-likeness (QED) is 0.110. The second-order valence-electron chi connectivity index (χ2n) is 8.18. The fraction of sp³-hybridized carbons (Fsp3) is 1.00. The minimum absolute atomic E-state index is 0.635. The summed E-state index contributed by atoms with van der Waals surface area (Å²) in [6.45, 7) is -3.00. The summed E-state index contributed by atoms with van der Waals surface area (Å²) in [7, 11) is 0. The summed E-state index contributed by atoms with van der Waals surface area (Å²) in [4.78, 5) is 0. The first kappa shape index (κ1) is 29.6. The molecule has 14 atom stereocenters. The number of hydrogen-bond acceptors (Lipinski definition) is 16. The molecule has 12 N–H and O–H groups in total. The Kier molecular flexibility index (Phi) is 11.4. The van der Waals surface area contributed by atoms with Crippen molar-refractivity contribution in [3.8, 4) is 0 Å². The zero-order valence-electron chi connectivity index (χ0n) is 17.9. The van der Waals surface area contributed by atoms with E-state index in [0.29, 0.717) is 0 Å². The molecule has 0 saturated carbocycles. The monoisotopic (exact) mass is 506 g/mol. The van der Waals surface area contributed by atoms with E-state index in [1.807, 2.05) is 0 Å². The van der Waals surface area contributed by atoms with Crippen molar-refractivity contribution in [2.45, 2.75) is 85.8 Å². The van der Waals surface area contributed by atoms with Crippen molar-refractivity contribution in [3.05, 3.63) is 0 Å². The minimum atomic E-state index is -1.93. The Hall–Kier alpha value is -0.640. The Balaban J connectivity index is 1.85. The van der Waals surface area contributed by atoms with Gasteiger partial charge in [0.05, 0.1) is 26.4 Å². The first-order chi connectivity index (χ1) is 15.9. The molecule has 0 spiro atoms. The standard InChI is InChI=1S/C18H34O16/c19-1-5(21)9(25)10(26)7(23)3-31-17-14(30)12(28)16(34-17)8(24)4-32-18-13(29)11(27)15(33-18)6(22)2-20/h5-30H,1-4H2/t5-,6+,7+,8+,9+,10-,11+,12+,13+,14+,15-,16-,17+,18+/m0/s1. The molecule has 0 aromatic heterocycles. The third kappa shape index (κ3) is 6.77. The van der Waals surface area contributed by atoms with E-state index in [9.17, 15) is 51.1 Å². The molecule has 2 saturated heterocycles. The fourth-order valence-corrected chi connectivity index (χ4v) is 3.50. The maximum atomic E-state index is 10.3. The molecule has 0 aliphatic carbocycles. The Morgan fingerprint density at radius 1 is 0.559 bits per heavy atom. The predicted molar refractivity (Wildman–Crippen MR) is 103 cm³/mol. The van der Waals surface area contributed by atoms with E-state index in [1.54, 1.807) is 0 Å². The van der Waals surface area contributed by atoms with Crippen molar-refractivity contribution in [1.29, 1.82) is 0 Å².